The van der Waals surface area contributed by atoms with Gasteiger partial charge in [0, 0.05) is 10.4 Å². The molecule has 0 unspecified atom stereocenters. The summed E-state index contributed by atoms with van der Waals surface area (Å²) in [6, 6.07) is 0. The standard InChI is InChI=1S/H2O4S.H2O.Zr/c1-5(2,3)4;;/h(H2,1,2,3,4);1H2;/q;;+3/p-3. The maximum atomic E-state index is 8.52. The summed E-state index contributed by atoms with van der Waals surface area (Å²) in [5.74, 6) is 0. The molecule has 0 saturated heterocycles. The van der Waals surface area contributed by atoms with Crippen LogP contribution >= 0.6 is 0 Å². The van der Waals surface area contributed by atoms with E-state index in [1.807, 2.05) is 0 Å². The van der Waals surface area contributed by atoms with E-state index in [9.17, 15) is 0 Å². The van der Waals surface area contributed by atoms with E-state index >= 15 is 0 Å². The summed E-state index contributed by atoms with van der Waals surface area (Å²) in [6.07, 6.45) is 0. The largest absolute Gasteiger partial charge is 3.00 e. The molecule has 0 aromatic heterocycles. The van der Waals surface area contributed by atoms with Crippen molar-refractivity contribution in [3.05, 3.63) is 0 Å². The molecule has 5 nitrogen and oxygen atoms in total. The van der Waals surface area contributed by atoms with Crippen LogP contribution in [-0.2, 0) is 36.6 Å². The molecule has 0 aliphatic heterocycles. The molecule has 7 heavy (non-hydrogen) atoms. The number of hydrogen-bond donors (Lipinski definition) is 0. The van der Waals surface area contributed by atoms with Gasteiger partial charge in [0.2, 0.25) is 0 Å². The quantitative estimate of drug-likeness (QED) is 0.351. The van der Waals surface area contributed by atoms with Gasteiger partial charge in [-0.25, -0.2) is 0 Å². The van der Waals surface area contributed by atoms with Crippen LogP contribution in [0.25, 0.3) is 0 Å². The van der Waals surface area contributed by atoms with E-state index in [-0.39, 0.29) is 31.7 Å². The first-order valence-electron chi connectivity index (χ1n) is 0.667. The average Bonchev–Trinajstić information content (AvgIpc) is 0.722. The van der Waals surface area contributed by atoms with Crippen LogP contribution in [0.3, 0.4) is 0 Å². The Labute approximate surface area is 59.7 Å². The molecular formula is HO5SZr. The van der Waals surface area contributed by atoms with Gasteiger partial charge in [0.05, 0.1) is 0 Å². The van der Waals surface area contributed by atoms with E-state index in [2.05, 4.69) is 0 Å². The van der Waals surface area contributed by atoms with Gasteiger partial charge in [-0.3, -0.25) is 8.42 Å². The molecule has 41 valence electrons. The monoisotopic (exact) mass is 203 g/mol. The van der Waals surface area contributed by atoms with Gasteiger partial charge in [0.25, 0.3) is 0 Å². The molecule has 0 atom stereocenters. The van der Waals surface area contributed by atoms with Gasteiger partial charge >= 0.3 is 26.2 Å². The average molecular weight is 204 g/mol. The first-order valence-corrected chi connectivity index (χ1v) is 2.00. The summed E-state index contributed by atoms with van der Waals surface area (Å²) in [6.45, 7) is 0. The Morgan fingerprint density at radius 1 is 1.14 bits per heavy atom. The molecule has 0 amide bonds. The Hall–Kier alpha value is 0.713. The molecule has 0 fully saturated rings. The Balaban J connectivity index is -0.0000000800. The van der Waals surface area contributed by atoms with Crippen LogP contribution in [0.15, 0.2) is 0 Å². The van der Waals surface area contributed by atoms with E-state index in [0.717, 1.165) is 0 Å². The minimum Gasteiger partial charge on any atom is -0.870 e. The molecule has 0 aromatic rings. The molecule has 0 saturated carbocycles. The molecule has 0 aromatic carbocycles. The van der Waals surface area contributed by atoms with Gasteiger partial charge in [-0.1, -0.05) is 0 Å². The predicted octanol–water partition coefficient (Wildman–Crippen LogP) is -1.52. The van der Waals surface area contributed by atoms with Crippen molar-refractivity contribution in [2.45, 2.75) is 0 Å². The number of hydrogen-bond acceptors (Lipinski definition) is 5. The van der Waals surface area contributed by atoms with Crippen molar-refractivity contribution in [1.29, 1.82) is 0 Å². The third-order valence-corrected chi connectivity index (χ3v) is 0. The Bertz CT molecular complexity index is 91.2. The summed E-state index contributed by atoms with van der Waals surface area (Å²) < 4.78 is 34.1. The maximum absolute atomic E-state index is 8.52. The molecule has 7 heteroatoms. The van der Waals surface area contributed by atoms with Crippen molar-refractivity contribution >= 4 is 10.4 Å². The predicted molar refractivity (Wildman–Crippen MR) is 12.4 cm³/mol. The van der Waals surface area contributed by atoms with Crippen LogP contribution in [0.5, 0.6) is 0 Å². The van der Waals surface area contributed by atoms with Crippen LogP contribution < -0.4 is 0 Å². The van der Waals surface area contributed by atoms with Crippen molar-refractivity contribution < 1.29 is 49.2 Å². The summed E-state index contributed by atoms with van der Waals surface area (Å²) >= 11 is 0. The number of rotatable bonds is 0. The normalized spacial score (nSPS) is 8.29. The van der Waals surface area contributed by atoms with Gasteiger partial charge < -0.3 is 14.6 Å². The van der Waals surface area contributed by atoms with Gasteiger partial charge in [-0.05, 0) is 0 Å². The molecule has 0 aliphatic rings. The van der Waals surface area contributed by atoms with E-state index in [4.69, 9.17) is 17.5 Å². The van der Waals surface area contributed by atoms with E-state index < -0.39 is 10.4 Å². The second-order valence-corrected chi connectivity index (χ2v) is 1.22. The molecular weight excluding hydrogens is 203 g/mol. The summed E-state index contributed by atoms with van der Waals surface area (Å²) in [5, 5.41) is 0. The second kappa shape index (κ2) is 4.86. The summed E-state index contributed by atoms with van der Waals surface area (Å²) in [4.78, 5) is 0. The second-order valence-electron chi connectivity index (χ2n) is 0.408. The molecule has 1 N–H and O–H groups in total. The minimum absolute atomic E-state index is 0. The molecule has 1 radical (unpaired) electrons. The van der Waals surface area contributed by atoms with Gasteiger partial charge in [-0.15, -0.1) is 0 Å². The van der Waals surface area contributed by atoms with Crippen molar-refractivity contribution in [1.82, 2.24) is 0 Å². The van der Waals surface area contributed by atoms with Gasteiger partial charge in [-0.2, -0.15) is 0 Å². The first kappa shape index (κ1) is 15.6. The minimum atomic E-state index is -5.17. The summed E-state index contributed by atoms with van der Waals surface area (Å²) in [7, 11) is -5.17. The topological polar surface area (TPSA) is 110 Å². The summed E-state index contributed by atoms with van der Waals surface area (Å²) in [5.41, 5.74) is 0. The fraction of sp³-hybridized carbons (Fsp3) is 0. The van der Waals surface area contributed by atoms with Crippen LogP contribution in [0.1, 0.15) is 0 Å². The van der Waals surface area contributed by atoms with Crippen molar-refractivity contribution in [3.63, 3.8) is 0 Å². The van der Waals surface area contributed by atoms with Gasteiger partial charge in [0.15, 0.2) is 0 Å². The Morgan fingerprint density at radius 3 is 1.14 bits per heavy atom. The van der Waals surface area contributed by atoms with Crippen molar-refractivity contribution in [2.24, 2.45) is 0 Å². The molecule has 0 aliphatic carbocycles. The van der Waals surface area contributed by atoms with Crippen LogP contribution in [0.4, 0.5) is 0 Å². The fourth-order valence-corrected chi connectivity index (χ4v) is 0. The third-order valence-electron chi connectivity index (χ3n) is 0. The van der Waals surface area contributed by atoms with E-state index in [1.165, 1.54) is 0 Å². The fourth-order valence-electron chi connectivity index (χ4n) is 0. The van der Waals surface area contributed by atoms with Crippen molar-refractivity contribution in [3.8, 4) is 0 Å². The SMILES string of the molecule is O=S(=O)([O-])[O-].[OH-].[Zr+3]. The third kappa shape index (κ3) is 293. The first-order chi connectivity index (χ1) is 2.00. The zero-order chi connectivity index (χ0) is 4.50. The van der Waals surface area contributed by atoms with Crippen molar-refractivity contribution in [2.75, 3.05) is 0 Å². The Kier molecular flexibility index (Phi) is 10.9. The smallest absolute Gasteiger partial charge is 0.870 e. The zero-order valence-corrected chi connectivity index (χ0v) is 6.26. The molecule has 0 spiro atoms. The molecule has 0 heterocycles. The molecule has 0 bridgehead atoms. The maximum Gasteiger partial charge on any atom is 3.00 e. The molecule has 0 rings (SSSR count). The Morgan fingerprint density at radius 2 is 1.14 bits per heavy atom. The van der Waals surface area contributed by atoms with Crippen LogP contribution in [-0.4, -0.2) is 23.0 Å². The zero-order valence-electron chi connectivity index (χ0n) is 2.99. The van der Waals surface area contributed by atoms with Crippen LogP contribution in [0.2, 0.25) is 0 Å². The van der Waals surface area contributed by atoms with Crippen LogP contribution in [0, 0.1) is 0 Å². The van der Waals surface area contributed by atoms with E-state index in [0.29, 0.717) is 0 Å². The van der Waals surface area contributed by atoms with Gasteiger partial charge in [0.1, 0.15) is 0 Å². The van der Waals surface area contributed by atoms with E-state index in [1.54, 1.807) is 0 Å².